The first-order chi connectivity index (χ1) is 12.6. The molecule has 3 heterocycles. The Morgan fingerprint density at radius 1 is 1.04 bits per heavy atom. The lowest BCUT2D eigenvalue weighted by Gasteiger charge is -2.37. The zero-order chi connectivity index (χ0) is 18.1. The average molecular weight is 343 g/mol. The fourth-order valence-electron chi connectivity index (χ4n) is 4.17. The lowest BCUT2D eigenvalue weighted by molar-refractivity contribution is 0.304. The van der Waals surface area contributed by atoms with Crippen molar-refractivity contribution in [3.05, 3.63) is 58.6 Å². The number of benzene rings is 1. The molecule has 0 amide bonds. The summed E-state index contributed by atoms with van der Waals surface area (Å²) in [4.78, 5) is 2.53. The van der Waals surface area contributed by atoms with E-state index in [0.29, 0.717) is 11.5 Å². The second-order valence-electron chi connectivity index (χ2n) is 7.21. The molecule has 0 spiro atoms. The van der Waals surface area contributed by atoms with E-state index in [2.05, 4.69) is 29.2 Å². The summed E-state index contributed by atoms with van der Waals surface area (Å²) in [5.74, 6) is 1.12. The summed E-state index contributed by atoms with van der Waals surface area (Å²) in [5, 5.41) is 18.7. The maximum absolute atomic E-state index is 9.35. The van der Waals surface area contributed by atoms with Gasteiger partial charge in [-0.3, -0.25) is 0 Å². The molecule has 3 aliphatic heterocycles. The van der Waals surface area contributed by atoms with Crippen LogP contribution in [0.2, 0.25) is 0 Å². The minimum absolute atomic E-state index is 0.543. The molecular weight excluding hydrogens is 322 g/mol. The van der Waals surface area contributed by atoms with Crippen molar-refractivity contribution in [3.63, 3.8) is 0 Å². The zero-order valence-electron chi connectivity index (χ0n) is 15.0. The molecule has 0 N–H and O–H groups in total. The highest BCUT2D eigenvalue weighted by Gasteiger charge is 2.29. The van der Waals surface area contributed by atoms with E-state index in [1.54, 1.807) is 19.1 Å². The Morgan fingerprint density at radius 3 is 2.31 bits per heavy atom. The van der Waals surface area contributed by atoms with Crippen LogP contribution in [0.4, 0.5) is 5.69 Å². The topological polar surface area (TPSA) is 60.0 Å². The monoisotopic (exact) mass is 343 g/mol. The minimum Gasteiger partial charge on any atom is -0.462 e. The van der Waals surface area contributed by atoms with E-state index in [4.69, 9.17) is 4.74 Å². The van der Waals surface area contributed by atoms with Crippen LogP contribution >= 0.6 is 0 Å². The molecule has 0 saturated heterocycles. The van der Waals surface area contributed by atoms with Crippen molar-refractivity contribution in [2.24, 2.45) is 5.41 Å². The molecule has 1 aromatic carbocycles. The largest absolute Gasteiger partial charge is 0.462 e. The molecule has 1 aromatic rings. The quantitative estimate of drug-likeness (QED) is 0.805. The Morgan fingerprint density at radius 2 is 1.69 bits per heavy atom. The summed E-state index contributed by atoms with van der Waals surface area (Å²) in [7, 11) is 0. The highest BCUT2D eigenvalue weighted by atomic mass is 16.5. The van der Waals surface area contributed by atoms with E-state index in [9.17, 15) is 10.5 Å². The summed E-state index contributed by atoms with van der Waals surface area (Å²) < 4.78 is 5.69. The van der Waals surface area contributed by atoms with Crippen LogP contribution in [-0.2, 0) is 17.6 Å². The van der Waals surface area contributed by atoms with Gasteiger partial charge in [0.1, 0.15) is 5.76 Å². The maximum atomic E-state index is 9.35. The first kappa shape index (κ1) is 16.5. The van der Waals surface area contributed by atoms with E-state index < -0.39 is 5.41 Å². The molecule has 4 rings (SSSR count). The van der Waals surface area contributed by atoms with Crippen molar-refractivity contribution in [1.29, 1.82) is 10.5 Å². The van der Waals surface area contributed by atoms with Crippen LogP contribution in [0.25, 0.3) is 6.08 Å². The predicted molar refractivity (Wildman–Crippen MR) is 101 cm³/mol. The van der Waals surface area contributed by atoms with E-state index in [0.717, 1.165) is 18.4 Å². The molecule has 0 unspecified atom stereocenters. The molecule has 0 bridgehead atoms. The van der Waals surface area contributed by atoms with Gasteiger partial charge in [-0.15, -0.1) is 0 Å². The summed E-state index contributed by atoms with van der Waals surface area (Å²) in [6.45, 7) is 4.11. The average Bonchev–Trinajstić information content (AvgIpc) is 2.66. The first-order valence-electron chi connectivity index (χ1n) is 9.14. The van der Waals surface area contributed by atoms with Gasteiger partial charge >= 0.3 is 0 Å². The number of hydrogen-bond donors (Lipinski definition) is 0. The molecule has 0 saturated carbocycles. The molecular formula is C22H21N3O. The van der Waals surface area contributed by atoms with Crippen LogP contribution in [0.5, 0.6) is 0 Å². The van der Waals surface area contributed by atoms with Gasteiger partial charge in [0.2, 0.25) is 0 Å². The van der Waals surface area contributed by atoms with E-state index in [1.807, 2.05) is 12.2 Å². The highest BCUT2D eigenvalue weighted by Crippen LogP contribution is 2.36. The molecule has 0 radical (unpaired) electrons. The third-order valence-corrected chi connectivity index (χ3v) is 5.24. The number of nitrogens with zero attached hydrogens (tertiary/aromatic N) is 3. The Bertz CT molecular complexity index is 879. The van der Waals surface area contributed by atoms with Crippen LogP contribution < -0.4 is 4.90 Å². The fraction of sp³-hybridized carbons (Fsp3) is 0.364. The summed E-state index contributed by atoms with van der Waals surface area (Å²) in [6, 6.07) is 8.66. The molecule has 4 heteroatoms. The molecule has 0 atom stereocenters. The molecule has 0 aliphatic carbocycles. The van der Waals surface area contributed by atoms with Gasteiger partial charge in [0, 0.05) is 18.8 Å². The second kappa shape index (κ2) is 6.39. The smallest absolute Gasteiger partial charge is 0.187 e. The number of ether oxygens (including phenoxy) is 1. The van der Waals surface area contributed by atoms with E-state index in [1.165, 1.54) is 42.7 Å². The first-order valence-corrected chi connectivity index (χ1v) is 9.14. The molecule has 3 aliphatic rings. The molecule has 130 valence electrons. The third-order valence-electron chi connectivity index (χ3n) is 5.24. The Labute approximate surface area is 154 Å². The number of allylic oxidation sites excluding steroid dienone is 4. The number of rotatable bonds is 2. The van der Waals surface area contributed by atoms with E-state index in [-0.39, 0.29) is 0 Å². The van der Waals surface area contributed by atoms with Gasteiger partial charge in [-0.05, 0) is 79.7 Å². The lowest BCUT2D eigenvalue weighted by atomic mass is 9.88. The third kappa shape index (κ3) is 2.89. The second-order valence-corrected chi connectivity index (χ2v) is 7.21. The van der Waals surface area contributed by atoms with Crippen molar-refractivity contribution in [2.75, 3.05) is 18.0 Å². The normalized spacial score (nSPS) is 20.3. The summed E-state index contributed by atoms with van der Waals surface area (Å²) in [6.07, 6.45) is 11.7. The Balaban J connectivity index is 1.65. The lowest BCUT2D eigenvalue weighted by Crippen LogP contribution is -2.34. The van der Waals surface area contributed by atoms with Gasteiger partial charge in [-0.2, -0.15) is 10.5 Å². The SMILES string of the molecule is CC1=CC(C#N)(C#N)C=C(/C=C/c2cc3c4c(c2)CCCN4CCC3)O1. The van der Waals surface area contributed by atoms with Gasteiger partial charge < -0.3 is 9.64 Å². The van der Waals surface area contributed by atoms with Crippen molar-refractivity contribution >= 4 is 11.8 Å². The molecule has 4 nitrogen and oxygen atoms in total. The van der Waals surface area contributed by atoms with Gasteiger partial charge in [-0.25, -0.2) is 0 Å². The van der Waals surface area contributed by atoms with Gasteiger partial charge in [0.25, 0.3) is 0 Å². The van der Waals surface area contributed by atoms with Crippen LogP contribution in [0.1, 0.15) is 36.5 Å². The van der Waals surface area contributed by atoms with Crippen LogP contribution in [0.3, 0.4) is 0 Å². The van der Waals surface area contributed by atoms with Crippen molar-refractivity contribution < 1.29 is 4.74 Å². The summed E-state index contributed by atoms with van der Waals surface area (Å²) >= 11 is 0. The highest BCUT2D eigenvalue weighted by molar-refractivity contribution is 5.68. The molecule has 0 aromatic heterocycles. The number of hydrogen-bond acceptors (Lipinski definition) is 4. The molecule has 0 fully saturated rings. The Kier molecular flexibility index (Phi) is 4.05. The number of nitriles is 2. The zero-order valence-corrected chi connectivity index (χ0v) is 15.0. The van der Waals surface area contributed by atoms with E-state index >= 15 is 0 Å². The van der Waals surface area contributed by atoms with Crippen molar-refractivity contribution in [2.45, 2.75) is 32.6 Å². The minimum atomic E-state index is -1.25. The van der Waals surface area contributed by atoms with Gasteiger partial charge in [0.05, 0.1) is 17.9 Å². The number of anilines is 1. The van der Waals surface area contributed by atoms with Crippen LogP contribution in [-0.4, -0.2) is 13.1 Å². The van der Waals surface area contributed by atoms with Crippen LogP contribution in [0.15, 0.2) is 41.9 Å². The predicted octanol–water partition coefficient (Wildman–Crippen LogP) is 4.25. The van der Waals surface area contributed by atoms with Crippen LogP contribution in [0, 0.1) is 28.1 Å². The standard InChI is InChI=1S/C22H21N3O/c1-16-12-22(14-23,15-24)13-20(26-16)7-6-17-10-18-4-2-8-25-9-3-5-19(11-17)21(18)25/h6-7,10-13H,2-5,8-9H2,1H3/b7-6+. The van der Waals surface area contributed by atoms with Crippen molar-refractivity contribution in [1.82, 2.24) is 0 Å². The molecule has 26 heavy (non-hydrogen) atoms. The Hall–Kier alpha value is -2.98. The number of aryl methyl sites for hydroxylation is 2. The van der Waals surface area contributed by atoms with Gasteiger partial charge in [0.15, 0.2) is 5.41 Å². The maximum Gasteiger partial charge on any atom is 0.187 e. The van der Waals surface area contributed by atoms with Crippen molar-refractivity contribution in [3.8, 4) is 12.1 Å². The summed E-state index contributed by atoms with van der Waals surface area (Å²) in [5.41, 5.74) is 4.24. The fourth-order valence-corrected chi connectivity index (χ4v) is 4.17. The van der Waals surface area contributed by atoms with Gasteiger partial charge in [-0.1, -0.05) is 6.08 Å².